The molecule has 2 aromatic rings. The number of ether oxygens (including phenoxy) is 3. The predicted octanol–water partition coefficient (Wildman–Crippen LogP) is 1.86. The van der Waals surface area contributed by atoms with Gasteiger partial charge in [0.25, 0.3) is 5.91 Å². The maximum atomic E-state index is 12.1. The van der Waals surface area contributed by atoms with E-state index in [-0.39, 0.29) is 37.0 Å². The Bertz CT molecular complexity index is 984. The zero-order valence-corrected chi connectivity index (χ0v) is 15.2. The third-order valence-corrected chi connectivity index (χ3v) is 4.40. The predicted molar refractivity (Wildman–Crippen MR) is 99.6 cm³/mol. The molecule has 0 unspecified atom stereocenters. The van der Waals surface area contributed by atoms with Crippen LogP contribution in [0.1, 0.15) is 23.2 Å². The molecule has 0 atom stereocenters. The van der Waals surface area contributed by atoms with E-state index >= 15 is 0 Å². The normalized spacial score (nSPS) is 14.8. The topological polar surface area (TPSA) is 111 Å². The lowest BCUT2D eigenvalue weighted by atomic mass is 10.2. The zero-order chi connectivity index (χ0) is 20.4. The molecule has 1 saturated heterocycles. The van der Waals surface area contributed by atoms with Crippen LogP contribution in [0.15, 0.2) is 42.5 Å². The summed E-state index contributed by atoms with van der Waals surface area (Å²) in [4.78, 5) is 48.7. The highest BCUT2D eigenvalue weighted by Gasteiger charge is 2.30. The number of amides is 3. The van der Waals surface area contributed by atoms with Crippen LogP contribution in [0.4, 0.5) is 11.4 Å². The monoisotopic (exact) mass is 396 g/mol. The third-order valence-electron chi connectivity index (χ3n) is 4.40. The standard InChI is InChI=1S/C20H16N2O7/c23-17(21-13-3-6-15-16(9-13)29-11-28-15)10-27-20(26)12-1-4-14(5-2-12)22-18(24)7-8-19(22)25/h1-6,9H,7-8,10-11H2,(H,21,23). The Balaban J connectivity index is 1.31. The minimum Gasteiger partial charge on any atom is -0.454 e. The molecule has 0 aromatic heterocycles. The average molecular weight is 396 g/mol. The molecular formula is C20H16N2O7. The van der Waals surface area contributed by atoms with Crippen molar-refractivity contribution in [2.24, 2.45) is 0 Å². The van der Waals surface area contributed by atoms with E-state index in [1.807, 2.05) is 0 Å². The summed E-state index contributed by atoms with van der Waals surface area (Å²) in [6.45, 7) is -0.346. The number of nitrogens with zero attached hydrogens (tertiary/aromatic N) is 1. The second-order valence-electron chi connectivity index (χ2n) is 6.36. The Morgan fingerprint density at radius 2 is 1.66 bits per heavy atom. The lowest BCUT2D eigenvalue weighted by molar-refractivity contribution is -0.121. The molecule has 0 spiro atoms. The zero-order valence-electron chi connectivity index (χ0n) is 15.2. The third kappa shape index (κ3) is 3.88. The van der Waals surface area contributed by atoms with Gasteiger partial charge in [-0.05, 0) is 36.4 Å². The first-order chi connectivity index (χ1) is 14.0. The van der Waals surface area contributed by atoms with Gasteiger partial charge in [0.1, 0.15) is 0 Å². The highest BCUT2D eigenvalue weighted by atomic mass is 16.7. The van der Waals surface area contributed by atoms with E-state index in [1.54, 1.807) is 18.2 Å². The van der Waals surface area contributed by atoms with Crippen molar-refractivity contribution in [3.8, 4) is 11.5 Å². The van der Waals surface area contributed by atoms with Gasteiger partial charge >= 0.3 is 5.97 Å². The molecule has 0 bridgehead atoms. The quantitative estimate of drug-likeness (QED) is 0.607. The molecular weight excluding hydrogens is 380 g/mol. The van der Waals surface area contributed by atoms with E-state index in [4.69, 9.17) is 14.2 Å². The summed E-state index contributed by atoms with van der Waals surface area (Å²) < 4.78 is 15.4. The summed E-state index contributed by atoms with van der Waals surface area (Å²) in [5.74, 6) is -0.639. The van der Waals surface area contributed by atoms with E-state index in [0.717, 1.165) is 4.90 Å². The summed E-state index contributed by atoms with van der Waals surface area (Å²) in [5, 5.41) is 2.60. The number of imide groups is 1. The van der Waals surface area contributed by atoms with Crippen LogP contribution in [0.25, 0.3) is 0 Å². The lowest BCUT2D eigenvalue weighted by Gasteiger charge is -2.14. The second kappa shape index (κ2) is 7.63. The van der Waals surface area contributed by atoms with Gasteiger partial charge in [-0.2, -0.15) is 0 Å². The highest BCUT2D eigenvalue weighted by Crippen LogP contribution is 2.34. The number of nitrogens with one attached hydrogen (secondary N) is 1. The van der Waals surface area contributed by atoms with E-state index in [2.05, 4.69) is 5.32 Å². The summed E-state index contributed by atoms with van der Waals surface area (Å²) in [6, 6.07) is 10.8. The fraction of sp³-hybridized carbons (Fsp3) is 0.200. The minimum absolute atomic E-state index is 0.128. The maximum absolute atomic E-state index is 12.1. The summed E-state index contributed by atoms with van der Waals surface area (Å²) >= 11 is 0. The molecule has 0 radical (unpaired) electrons. The van der Waals surface area contributed by atoms with Crippen molar-refractivity contribution in [2.75, 3.05) is 23.6 Å². The number of carbonyl (C=O) groups excluding carboxylic acids is 4. The number of rotatable bonds is 5. The van der Waals surface area contributed by atoms with Crippen LogP contribution in [0.3, 0.4) is 0 Å². The Hall–Kier alpha value is -3.88. The Morgan fingerprint density at radius 1 is 0.966 bits per heavy atom. The molecule has 2 aliphatic heterocycles. The number of benzene rings is 2. The first-order valence-corrected chi connectivity index (χ1v) is 8.84. The Labute approximate surface area is 165 Å². The minimum atomic E-state index is -0.698. The number of carbonyl (C=O) groups is 4. The molecule has 2 aliphatic rings. The molecule has 148 valence electrons. The molecule has 9 nitrogen and oxygen atoms in total. The van der Waals surface area contributed by atoms with Crippen LogP contribution in [0.2, 0.25) is 0 Å². The largest absolute Gasteiger partial charge is 0.454 e. The smallest absolute Gasteiger partial charge is 0.338 e. The summed E-state index contributed by atoms with van der Waals surface area (Å²) in [7, 11) is 0. The van der Waals surface area contributed by atoms with E-state index in [0.29, 0.717) is 22.9 Å². The van der Waals surface area contributed by atoms with Gasteiger partial charge < -0.3 is 19.5 Å². The van der Waals surface area contributed by atoms with Crippen molar-refractivity contribution in [2.45, 2.75) is 12.8 Å². The van der Waals surface area contributed by atoms with Gasteiger partial charge in [-0.25, -0.2) is 4.79 Å². The van der Waals surface area contributed by atoms with Crippen molar-refractivity contribution in [3.05, 3.63) is 48.0 Å². The van der Waals surface area contributed by atoms with Crippen molar-refractivity contribution < 1.29 is 33.4 Å². The van der Waals surface area contributed by atoms with Gasteiger partial charge in [0.2, 0.25) is 18.6 Å². The molecule has 1 fully saturated rings. The molecule has 29 heavy (non-hydrogen) atoms. The highest BCUT2D eigenvalue weighted by molar-refractivity contribution is 6.19. The van der Waals surface area contributed by atoms with Crippen LogP contribution in [0, 0.1) is 0 Å². The van der Waals surface area contributed by atoms with Crippen LogP contribution in [0.5, 0.6) is 11.5 Å². The van der Waals surface area contributed by atoms with Gasteiger partial charge in [-0.1, -0.05) is 0 Å². The molecule has 0 aliphatic carbocycles. The molecule has 9 heteroatoms. The number of fused-ring (bicyclic) bond motifs is 1. The molecule has 3 amide bonds. The fourth-order valence-electron chi connectivity index (χ4n) is 3.00. The SMILES string of the molecule is O=C(COC(=O)c1ccc(N2C(=O)CCC2=O)cc1)Nc1ccc2c(c1)OCO2. The number of hydrogen-bond acceptors (Lipinski definition) is 7. The van der Waals surface area contributed by atoms with Crippen LogP contribution >= 0.6 is 0 Å². The van der Waals surface area contributed by atoms with Crippen LogP contribution in [-0.2, 0) is 19.1 Å². The van der Waals surface area contributed by atoms with Gasteiger partial charge in [0, 0.05) is 24.6 Å². The van der Waals surface area contributed by atoms with E-state index in [9.17, 15) is 19.2 Å². The van der Waals surface area contributed by atoms with Crippen LogP contribution in [-0.4, -0.2) is 37.1 Å². The Kier molecular flexibility index (Phi) is 4.86. The first-order valence-electron chi connectivity index (χ1n) is 8.84. The van der Waals surface area contributed by atoms with Gasteiger partial charge in [-0.3, -0.25) is 19.3 Å². The van der Waals surface area contributed by atoms with Gasteiger partial charge in [0.15, 0.2) is 18.1 Å². The number of hydrogen-bond donors (Lipinski definition) is 1. The van der Waals surface area contributed by atoms with Crippen molar-refractivity contribution in [1.82, 2.24) is 0 Å². The van der Waals surface area contributed by atoms with Crippen molar-refractivity contribution in [3.63, 3.8) is 0 Å². The maximum Gasteiger partial charge on any atom is 0.338 e. The Morgan fingerprint density at radius 3 is 2.38 bits per heavy atom. The van der Waals surface area contributed by atoms with Crippen molar-refractivity contribution >= 4 is 35.1 Å². The number of anilines is 2. The average Bonchev–Trinajstić information content (AvgIpc) is 3.32. The van der Waals surface area contributed by atoms with E-state index < -0.39 is 18.5 Å². The molecule has 0 saturated carbocycles. The summed E-state index contributed by atoms with van der Waals surface area (Å²) in [5.41, 5.74) is 1.08. The van der Waals surface area contributed by atoms with Crippen LogP contribution < -0.4 is 19.7 Å². The molecule has 2 heterocycles. The fourth-order valence-corrected chi connectivity index (χ4v) is 3.00. The molecule has 2 aromatic carbocycles. The molecule has 1 N–H and O–H groups in total. The van der Waals surface area contributed by atoms with Gasteiger partial charge in [-0.15, -0.1) is 0 Å². The first kappa shape index (κ1) is 18.5. The lowest BCUT2D eigenvalue weighted by Crippen LogP contribution is -2.28. The molecule has 4 rings (SSSR count). The number of esters is 1. The second-order valence-corrected chi connectivity index (χ2v) is 6.36. The van der Waals surface area contributed by atoms with Crippen molar-refractivity contribution in [1.29, 1.82) is 0 Å². The van der Waals surface area contributed by atoms with Gasteiger partial charge in [0.05, 0.1) is 11.3 Å². The summed E-state index contributed by atoms with van der Waals surface area (Å²) in [6.07, 6.45) is 0.363. The van der Waals surface area contributed by atoms with E-state index in [1.165, 1.54) is 24.3 Å².